The maximum atomic E-state index is 14.5. The first kappa shape index (κ1) is 83.7. The Morgan fingerprint density at radius 2 is 1.48 bits per heavy atom. The number of carbonyl (C=O) groups is 8. The third-order valence-electron chi connectivity index (χ3n) is 20.4. The normalized spacial score (nSPS) is 22.2. The van der Waals surface area contributed by atoms with Gasteiger partial charge in [0.15, 0.2) is 0 Å². The number of ketones is 1. The number of nitrogens with zero attached hydrogens (tertiary/aromatic N) is 2. The maximum Gasteiger partial charge on any atom is 0.259 e. The molecule has 22 heteroatoms. The molecule has 12 atom stereocenters. The third-order valence-corrected chi connectivity index (χ3v) is 24.8. The van der Waals surface area contributed by atoms with Crippen molar-refractivity contribution in [1.82, 2.24) is 47.5 Å². The molecule has 21 nitrogen and oxygen atoms in total. The summed E-state index contributed by atoms with van der Waals surface area (Å²) in [4.78, 5) is 111. The molecule has 4 bridgehead atoms. The fraction of sp³-hybridized carbons (Fsp3) is 0.531. The van der Waals surface area contributed by atoms with E-state index in [1.165, 1.54) is 10.0 Å². The lowest BCUT2D eigenvalue weighted by Gasteiger charge is -2.37. The molecule has 3 heterocycles. The van der Waals surface area contributed by atoms with Crippen molar-refractivity contribution >= 4 is 67.6 Å². The summed E-state index contributed by atoms with van der Waals surface area (Å²) in [5.74, 6) is -3.78. The maximum absolute atomic E-state index is 14.5. The number of Topliss-reactive ketones (excluding diaryl/α,β-unsaturated/α-hetero) is 1. The van der Waals surface area contributed by atoms with E-state index in [2.05, 4.69) is 90.5 Å². The lowest BCUT2D eigenvalue weighted by atomic mass is 9.84. The highest BCUT2D eigenvalue weighted by atomic mass is 28.4. The van der Waals surface area contributed by atoms with E-state index in [4.69, 9.17) is 13.9 Å². The largest absolute Gasteiger partial charge is 0.543 e. The van der Waals surface area contributed by atoms with Crippen LogP contribution in [0.25, 0.3) is 12.2 Å². The number of methoxy groups -OCH3 is 2. The molecule has 4 aromatic rings. The van der Waals surface area contributed by atoms with Crippen molar-refractivity contribution in [2.75, 3.05) is 27.3 Å². The number of nitrogens with one attached hydrogen (secondary N) is 7. The minimum absolute atomic E-state index is 0.0165. The Bertz CT molecular complexity index is 3570. The summed E-state index contributed by atoms with van der Waals surface area (Å²) in [6, 6.07) is 25.2. The van der Waals surface area contributed by atoms with Gasteiger partial charge in [0.1, 0.15) is 47.5 Å². The number of carbonyl (C=O) groups excluding carboxylic acids is 8. The number of hydrogen-bond donors (Lipinski definition) is 8. The summed E-state index contributed by atoms with van der Waals surface area (Å²) in [7, 11) is 1.01. The molecule has 3 aliphatic heterocycles. The van der Waals surface area contributed by atoms with Crippen LogP contribution in [0, 0.1) is 29.6 Å². The second-order valence-corrected chi connectivity index (χ2v) is 34.8. The number of allylic oxidation sites excluding steroid dienone is 2. The molecule has 3 aliphatic rings. The molecular formula is C81H117N9O12Si. The molecule has 2 saturated heterocycles. The smallest absolute Gasteiger partial charge is 0.259 e. The van der Waals surface area contributed by atoms with Crippen molar-refractivity contribution in [3.8, 4) is 11.5 Å². The number of hydrogen-bond acceptors (Lipinski definition) is 14. The first-order valence-electron chi connectivity index (χ1n) is 36.7. The standard InChI is InChI=1S/C44H67N5O6Si.C37H50N4O6/c1-13-15-24-38(54-10)30(5)40(50)47-39(29(3)4)42(52)46-37(28-33-20-17-22-35(27-33)55-56(11,12)44(7,8)9)43(53)49-25-18-23-36(48-49)41(51)45-31(6)34-21-16-19-32(14-2)26-34;1-23(2)30-22-33(43)24(3)34(47-5)17-7-6-11-26-12-8-14-28(19-26)25(4)38-36(45)31-16-10-18-41(40-31)37(46)32(39-35(30)44)21-27-13-9-15-29(42)20-27/h13-14,16-17,19-22,26-27,29-31,36-39,48H,1-2,15,18,23-25,28H2,3-12H3,(H,45,51)(H,46,52)(H,47,50);6,8-9,11-15,19-20,23-25,30-32,34,40,42H,7,10,16-18,21-22H2,1-5H3,(H,38,45)(H,39,44)/b;11-6+/t30-,31-,36+,37+,38-,39+;24-,25+,30-,31-,32-,34+/m10/s1. The molecule has 7 amide bonds. The predicted molar refractivity (Wildman–Crippen MR) is 408 cm³/mol. The van der Waals surface area contributed by atoms with E-state index in [1.54, 1.807) is 57.6 Å². The monoisotopic (exact) mass is 1440 g/mol. The first-order valence-corrected chi connectivity index (χ1v) is 39.6. The number of benzene rings is 4. The molecule has 8 N–H and O–H groups in total. The van der Waals surface area contributed by atoms with Crippen LogP contribution in [-0.4, -0.2) is 140 Å². The summed E-state index contributed by atoms with van der Waals surface area (Å²) >= 11 is 0. The summed E-state index contributed by atoms with van der Waals surface area (Å²) in [6.45, 7) is 34.2. The molecular weight excluding hydrogens is 1320 g/mol. The molecule has 7 rings (SSSR count). The van der Waals surface area contributed by atoms with E-state index >= 15 is 0 Å². The molecule has 0 spiro atoms. The van der Waals surface area contributed by atoms with Gasteiger partial charge in [0.25, 0.3) is 11.8 Å². The molecule has 562 valence electrons. The Morgan fingerprint density at radius 3 is 2.15 bits per heavy atom. The summed E-state index contributed by atoms with van der Waals surface area (Å²) in [6.07, 6.45) is 12.2. The fourth-order valence-electron chi connectivity index (χ4n) is 12.7. The van der Waals surface area contributed by atoms with Crippen LogP contribution < -0.4 is 41.9 Å². The Morgan fingerprint density at radius 1 is 0.777 bits per heavy atom. The van der Waals surface area contributed by atoms with Gasteiger partial charge in [-0.05, 0) is 165 Å². The Kier molecular flexibility index (Phi) is 32.1. The Labute approximate surface area is 613 Å². The van der Waals surface area contributed by atoms with Gasteiger partial charge in [-0.3, -0.25) is 48.4 Å². The minimum Gasteiger partial charge on any atom is -0.543 e. The second-order valence-electron chi connectivity index (χ2n) is 30.1. The van der Waals surface area contributed by atoms with Crippen LogP contribution in [0.2, 0.25) is 18.1 Å². The lowest BCUT2D eigenvalue weighted by molar-refractivity contribution is -0.144. The van der Waals surface area contributed by atoms with Gasteiger partial charge >= 0.3 is 0 Å². The number of amides is 7. The minimum atomic E-state index is -2.16. The van der Waals surface area contributed by atoms with E-state index in [-0.39, 0.29) is 101 Å². The van der Waals surface area contributed by atoms with Crippen molar-refractivity contribution < 1.29 is 57.4 Å². The van der Waals surface area contributed by atoms with Crippen LogP contribution in [-0.2, 0) is 60.7 Å². The van der Waals surface area contributed by atoms with E-state index in [0.717, 1.165) is 27.8 Å². The second kappa shape index (κ2) is 39.6. The fourth-order valence-corrected chi connectivity index (χ4v) is 13.8. The van der Waals surface area contributed by atoms with Crippen LogP contribution >= 0.6 is 0 Å². The van der Waals surface area contributed by atoms with Gasteiger partial charge in [-0.2, -0.15) is 0 Å². The number of phenolic OH excluding ortho intramolecular Hbond substituents is 1. The molecule has 2 fully saturated rings. The first-order chi connectivity index (χ1) is 48.8. The molecule has 0 saturated carbocycles. The zero-order valence-corrected chi connectivity index (χ0v) is 64.6. The summed E-state index contributed by atoms with van der Waals surface area (Å²) < 4.78 is 17.9. The molecule has 0 aliphatic carbocycles. The Balaban J connectivity index is 0.000000328. The average molecular weight is 1440 g/mol. The molecule has 103 heavy (non-hydrogen) atoms. The van der Waals surface area contributed by atoms with Gasteiger partial charge in [0.05, 0.1) is 30.2 Å². The van der Waals surface area contributed by atoms with Crippen molar-refractivity contribution in [1.29, 1.82) is 0 Å². The van der Waals surface area contributed by atoms with Crippen LogP contribution in [0.3, 0.4) is 0 Å². The van der Waals surface area contributed by atoms with E-state index in [1.807, 2.05) is 127 Å². The number of hydrazine groups is 2. The van der Waals surface area contributed by atoms with Crippen LogP contribution in [0.4, 0.5) is 0 Å². The Hall–Kier alpha value is -8.28. The van der Waals surface area contributed by atoms with Crippen LogP contribution in [0.5, 0.6) is 11.5 Å². The van der Waals surface area contributed by atoms with Crippen molar-refractivity contribution in [3.63, 3.8) is 0 Å². The topological polar surface area (TPSA) is 275 Å². The highest BCUT2D eigenvalue weighted by Gasteiger charge is 2.41. The average Bonchev–Trinajstić information content (AvgIpc) is 0.818. The summed E-state index contributed by atoms with van der Waals surface area (Å²) in [5, 5.41) is 28.0. The van der Waals surface area contributed by atoms with E-state index in [0.29, 0.717) is 75.8 Å². The number of ether oxygens (including phenoxy) is 2. The third kappa shape index (κ3) is 24.7. The van der Waals surface area contributed by atoms with Crippen LogP contribution in [0.15, 0.2) is 122 Å². The lowest BCUT2D eigenvalue weighted by Crippen LogP contribution is -2.63. The number of fused-ring (bicyclic) bond motifs is 4. The number of aromatic hydroxyl groups is 1. The highest BCUT2D eigenvalue weighted by Crippen LogP contribution is 2.38. The number of phenols is 1. The van der Waals surface area contributed by atoms with Gasteiger partial charge in [0.2, 0.25) is 37.9 Å². The predicted octanol–water partition coefficient (Wildman–Crippen LogP) is 11.4. The molecule has 0 radical (unpaired) electrons. The van der Waals surface area contributed by atoms with Crippen molar-refractivity contribution in [2.24, 2.45) is 29.6 Å². The van der Waals surface area contributed by atoms with Gasteiger partial charge < -0.3 is 45.6 Å². The zero-order valence-electron chi connectivity index (χ0n) is 63.6. The highest BCUT2D eigenvalue weighted by molar-refractivity contribution is 6.74. The van der Waals surface area contributed by atoms with Gasteiger partial charge in [-0.25, -0.2) is 10.9 Å². The quantitative estimate of drug-likeness (QED) is 0.0253. The SMILES string of the molecule is C=CCC[C@@H](OC)[C@@H](C)C(=O)N[C@H](C(=O)N[C@@H](Cc1cccc(O[Si](C)(C)C(C)(C)C)c1)C(=O)N1CCC[C@@H](C(=O)N[C@H](C)c2cccc(C=C)c2)N1)C(C)C.CO[C@@H]1CC/C=C/c2cccc(c2)[C@@H](C)NC(=O)[C@@H]2CCCN(N2)C(=O)[C@H](Cc2cccc(O)c2)NC(=O)[C@H](C(C)C)CC(=O)[C@@H]1C. The van der Waals surface area contributed by atoms with Gasteiger partial charge in [0, 0.05) is 58.4 Å². The summed E-state index contributed by atoms with van der Waals surface area (Å²) in [5.41, 5.74) is 11.6. The molecule has 0 aromatic heterocycles. The molecule has 4 aromatic carbocycles. The van der Waals surface area contributed by atoms with Crippen LogP contribution in [0.1, 0.15) is 179 Å². The van der Waals surface area contributed by atoms with Crippen molar-refractivity contribution in [2.45, 2.75) is 219 Å². The van der Waals surface area contributed by atoms with Gasteiger partial charge in [-0.15, -0.1) is 6.58 Å². The van der Waals surface area contributed by atoms with Crippen molar-refractivity contribution in [3.05, 3.63) is 156 Å². The van der Waals surface area contributed by atoms with E-state index in [9.17, 15) is 43.5 Å². The molecule has 0 unspecified atom stereocenters. The number of rotatable bonds is 23. The van der Waals surface area contributed by atoms with Gasteiger partial charge in [-0.1, -0.05) is 154 Å². The zero-order chi connectivity index (χ0) is 75.9. The van der Waals surface area contributed by atoms with E-state index < -0.39 is 68.1 Å².